The van der Waals surface area contributed by atoms with Gasteiger partial charge in [0, 0.05) is 13.1 Å². The van der Waals surface area contributed by atoms with E-state index in [1.807, 2.05) is 13.8 Å². The molecule has 0 aromatic heterocycles. The van der Waals surface area contributed by atoms with E-state index in [0.29, 0.717) is 13.1 Å². The van der Waals surface area contributed by atoms with Crippen LogP contribution in [-0.2, 0) is 11.0 Å². The van der Waals surface area contributed by atoms with Crippen LogP contribution in [0.3, 0.4) is 0 Å². The summed E-state index contributed by atoms with van der Waals surface area (Å²) in [5.74, 6) is -0.191. The number of anilines is 1. The van der Waals surface area contributed by atoms with Crippen molar-refractivity contribution < 1.29 is 18.0 Å². The molecular formula is C13H16ClF3N2O. The molecule has 7 heteroatoms. The van der Waals surface area contributed by atoms with Crippen LogP contribution in [0.15, 0.2) is 18.2 Å². The fraction of sp³-hybridized carbons (Fsp3) is 0.462. The fourth-order valence-electron chi connectivity index (χ4n) is 1.70. The molecule has 112 valence electrons. The minimum atomic E-state index is -4.44. The van der Waals surface area contributed by atoms with E-state index in [4.69, 9.17) is 11.6 Å². The summed E-state index contributed by atoms with van der Waals surface area (Å²) in [7, 11) is 0. The van der Waals surface area contributed by atoms with Crippen molar-refractivity contribution in [3.05, 3.63) is 28.8 Å². The predicted octanol–water partition coefficient (Wildman–Crippen LogP) is 3.64. The first-order chi connectivity index (χ1) is 9.29. The predicted molar refractivity (Wildman–Crippen MR) is 72.9 cm³/mol. The summed E-state index contributed by atoms with van der Waals surface area (Å²) in [6.45, 7) is 4.67. The number of rotatable bonds is 5. The van der Waals surface area contributed by atoms with Crippen LogP contribution in [0.25, 0.3) is 0 Å². The molecule has 0 bridgehead atoms. The molecule has 0 radical (unpaired) electrons. The van der Waals surface area contributed by atoms with Crippen molar-refractivity contribution >= 4 is 23.2 Å². The normalized spacial score (nSPS) is 11.3. The summed E-state index contributed by atoms with van der Waals surface area (Å²) in [6, 6.07) is 2.96. The van der Waals surface area contributed by atoms with Gasteiger partial charge in [0.15, 0.2) is 0 Å². The van der Waals surface area contributed by atoms with Gasteiger partial charge in [-0.1, -0.05) is 11.6 Å². The van der Waals surface area contributed by atoms with Gasteiger partial charge in [-0.3, -0.25) is 4.79 Å². The van der Waals surface area contributed by atoms with Gasteiger partial charge in [0.2, 0.25) is 5.91 Å². The number of hydrogen-bond acceptors (Lipinski definition) is 2. The Labute approximate surface area is 120 Å². The number of hydrogen-bond donors (Lipinski definition) is 1. The highest BCUT2D eigenvalue weighted by molar-refractivity contribution is 6.33. The molecule has 0 fully saturated rings. The lowest BCUT2D eigenvalue weighted by Gasteiger charge is -2.19. The number of halogens is 4. The Morgan fingerprint density at radius 1 is 1.30 bits per heavy atom. The number of carbonyl (C=O) groups excluding carboxylic acids is 1. The van der Waals surface area contributed by atoms with E-state index in [-0.39, 0.29) is 23.2 Å². The molecule has 1 aromatic rings. The molecule has 1 amide bonds. The molecule has 0 aliphatic rings. The minimum Gasteiger partial charge on any atom is -0.375 e. The lowest BCUT2D eigenvalue weighted by molar-refractivity contribution is -0.137. The van der Waals surface area contributed by atoms with Gasteiger partial charge < -0.3 is 10.2 Å². The fourth-order valence-corrected chi connectivity index (χ4v) is 1.88. The number of alkyl halides is 3. The van der Waals surface area contributed by atoms with Gasteiger partial charge in [0.25, 0.3) is 0 Å². The highest BCUT2D eigenvalue weighted by Gasteiger charge is 2.31. The summed E-state index contributed by atoms with van der Waals surface area (Å²) in [5.41, 5.74) is -0.707. The third-order valence-corrected chi connectivity index (χ3v) is 3.17. The molecule has 0 saturated carbocycles. The molecule has 20 heavy (non-hydrogen) atoms. The SMILES string of the molecule is CCN(CC)C(=O)CNc1cc(C(F)(F)F)ccc1Cl. The quantitative estimate of drug-likeness (QED) is 0.900. The van der Waals surface area contributed by atoms with Crippen molar-refractivity contribution in [1.29, 1.82) is 0 Å². The van der Waals surface area contributed by atoms with Crippen LogP contribution in [0.1, 0.15) is 19.4 Å². The lowest BCUT2D eigenvalue weighted by Crippen LogP contribution is -2.35. The summed E-state index contributed by atoms with van der Waals surface area (Å²) >= 11 is 5.82. The summed E-state index contributed by atoms with van der Waals surface area (Å²) in [4.78, 5) is 13.3. The first-order valence-corrected chi connectivity index (χ1v) is 6.55. The molecular weight excluding hydrogens is 293 g/mol. The van der Waals surface area contributed by atoms with Crippen molar-refractivity contribution in [2.45, 2.75) is 20.0 Å². The molecule has 0 atom stereocenters. The maximum absolute atomic E-state index is 12.6. The van der Waals surface area contributed by atoms with Crippen LogP contribution in [0.2, 0.25) is 5.02 Å². The van der Waals surface area contributed by atoms with E-state index in [2.05, 4.69) is 5.32 Å². The van der Waals surface area contributed by atoms with Crippen LogP contribution >= 0.6 is 11.6 Å². The van der Waals surface area contributed by atoms with Gasteiger partial charge >= 0.3 is 6.18 Å². The van der Waals surface area contributed by atoms with Crippen LogP contribution in [0.5, 0.6) is 0 Å². The number of amides is 1. The maximum Gasteiger partial charge on any atom is 0.416 e. The molecule has 0 spiro atoms. The van der Waals surface area contributed by atoms with E-state index in [9.17, 15) is 18.0 Å². The Balaban J connectivity index is 2.80. The Kier molecular flexibility index (Phi) is 5.68. The van der Waals surface area contributed by atoms with Gasteiger partial charge in [0.1, 0.15) is 0 Å². The lowest BCUT2D eigenvalue weighted by atomic mass is 10.2. The second-order valence-electron chi connectivity index (χ2n) is 4.11. The number of nitrogens with zero attached hydrogens (tertiary/aromatic N) is 1. The first-order valence-electron chi connectivity index (χ1n) is 6.18. The zero-order valence-electron chi connectivity index (χ0n) is 11.2. The van der Waals surface area contributed by atoms with Crippen molar-refractivity contribution in [2.75, 3.05) is 25.0 Å². The molecule has 1 aromatic carbocycles. The monoisotopic (exact) mass is 308 g/mol. The molecule has 0 unspecified atom stereocenters. The summed E-state index contributed by atoms with van der Waals surface area (Å²) in [5, 5.41) is 2.79. The highest BCUT2D eigenvalue weighted by atomic mass is 35.5. The summed E-state index contributed by atoms with van der Waals surface area (Å²) < 4.78 is 37.8. The van der Waals surface area contributed by atoms with E-state index in [1.165, 1.54) is 0 Å². The van der Waals surface area contributed by atoms with E-state index < -0.39 is 11.7 Å². The number of carbonyl (C=O) groups is 1. The highest BCUT2D eigenvalue weighted by Crippen LogP contribution is 2.33. The molecule has 0 aliphatic carbocycles. The Morgan fingerprint density at radius 2 is 1.90 bits per heavy atom. The van der Waals surface area contributed by atoms with Crippen LogP contribution in [-0.4, -0.2) is 30.4 Å². The third-order valence-electron chi connectivity index (χ3n) is 2.84. The molecule has 0 aliphatic heterocycles. The van der Waals surface area contributed by atoms with Crippen LogP contribution in [0, 0.1) is 0 Å². The van der Waals surface area contributed by atoms with Gasteiger partial charge in [-0.05, 0) is 32.0 Å². The maximum atomic E-state index is 12.6. The smallest absolute Gasteiger partial charge is 0.375 e. The zero-order chi connectivity index (χ0) is 15.3. The zero-order valence-corrected chi connectivity index (χ0v) is 12.0. The molecule has 0 heterocycles. The largest absolute Gasteiger partial charge is 0.416 e. The van der Waals surface area contributed by atoms with Crippen molar-refractivity contribution in [3.8, 4) is 0 Å². The molecule has 0 saturated heterocycles. The van der Waals surface area contributed by atoms with Crippen LogP contribution in [0.4, 0.5) is 18.9 Å². The molecule has 3 nitrogen and oxygen atoms in total. The number of nitrogens with one attached hydrogen (secondary N) is 1. The summed E-state index contributed by atoms with van der Waals surface area (Å²) in [6.07, 6.45) is -4.44. The topological polar surface area (TPSA) is 32.3 Å². The van der Waals surface area contributed by atoms with Gasteiger partial charge in [0.05, 0.1) is 22.8 Å². The van der Waals surface area contributed by atoms with E-state index in [0.717, 1.165) is 18.2 Å². The third kappa shape index (κ3) is 4.30. The average Bonchev–Trinajstić information content (AvgIpc) is 2.37. The van der Waals surface area contributed by atoms with Crippen molar-refractivity contribution in [1.82, 2.24) is 4.90 Å². The second kappa shape index (κ2) is 6.83. The Morgan fingerprint density at radius 3 is 2.40 bits per heavy atom. The standard InChI is InChI=1S/C13H16ClF3N2O/c1-3-19(4-2)12(20)8-18-11-7-9(13(15,16)17)5-6-10(11)14/h5-7,18H,3-4,8H2,1-2H3. The first kappa shape index (κ1) is 16.6. The Bertz CT molecular complexity index is 473. The average molecular weight is 309 g/mol. The van der Waals surface area contributed by atoms with E-state index in [1.54, 1.807) is 4.90 Å². The van der Waals surface area contributed by atoms with Gasteiger partial charge in [-0.2, -0.15) is 13.2 Å². The molecule has 1 N–H and O–H groups in total. The minimum absolute atomic E-state index is 0.0945. The Hall–Kier alpha value is -1.43. The van der Waals surface area contributed by atoms with Crippen molar-refractivity contribution in [3.63, 3.8) is 0 Å². The van der Waals surface area contributed by atoms with Gasteiger partial charge in [-0.25, -0.2) is 0 Å². The van der Waals surface area contributed by atoms with E-state index >= 15 is 0 Å². The van der Waals surface area contributed by atoms with Gasteiger partial charge in [-0.15, -0.1) is 0 Å². The number of benzene rings is 1. The molecule has 1 rings (SSSR count). The second-order valence-corrected chi connectivity index (χ2v) is 4.52. The van der Waals surface area contributed by atoms with Crippen LogP contribution < -0.4 is 5.32 Å². The number of likely N-dealkylation sites (N-methyl/N-ethyl adjacent to an activating group) is 1. The van der Waals surface area contributed by atoms with Crippen molar-refractivity contribution in [2.24, 2.45) is 0 Å².